The van der Waals surface area contributed by atoms with E-state index in [4.69, 9.17) is 0 Å². The summed E-state index contributed by atoms with van der Waals surface area (Å²) in [7, 11) is 2.13. The van der Waals surface area contributed by atoms with Crippen molar-refractivity contribution in [3.8, 4) is 0 Å². The molecule has 0 amide bonds. The fraction of sp³-hybridized carbons (Fsp3) is 1.00. The van der Waals surface area contributed by atoms with E-state index in [1.807, 2.05) is 0 Å². The third-order valence-corrected chi connectivity index (χ3v) is 3.57. The largest absolute Gasteiger partial charge is 0.315 e. The van der Waals surface area contributed by atoms with Crippen molar-refractivity contribution >= 4 is 0 Å². The summed E-state index contributed by atoms with van der Waals surface area (Å²) in [5, 5.41) is 3.49. The second-order valence-electron chi connectivity index (χ2n) is 4.96. The van der Waals surface area contributed by atoms with Crippen molar-refractivity contribution in [1.82, 2.24) is 10.2 Å². The van der Waals surface area contributed by atoms with E-state index in [0.29, 0.717) is 0 Å². The summed E-state index contributed by atoms with van der Waals surface area (Å²) in [5.74, 6) is 0.984. The monoisotopic (exact) mass is 196 g/mol. The Kier molecular flexibility index (Phi) is 3.45. The smallest absolute Gasteiger partial charge is 0.0220 e. The molecule has 0 aliphatic heterocycles. The molecule has 1 unspecified atom stereocenters. The topological polar surface area (TPSA) is 15.3 Å². The highest BCUT2D eigenvalue weighted by molar-refractivity contribution is 4.92. The van der Waals surface area contributed by atoms with Gasteiger partial charge in [0.1, 0.15) is 0 Å². The molecule has 2 aliphatic carbocycles. The summed E-state index contributed by atoms with van der Waals surface area (Å²) in [4.78, 5) is 2.71. The lowest BCUT2D eigenvalue weighted by molar-refractivity contribution is 0.226. The summed E-state index contributed by atoms with van der Waals surface area (Å²) in [5.41, 5.74) is 0. The third kappa shape index (κ3) is 2.71. The molecule has 1 atom stereocenters. The number of rotatable bonds is 7. The number of likely N-dealkylation sites (N-methyl/N-ethyl adjacent to an activating group) is 1. The Morgan fingerprint density at radius 3 is 2.43 bits per heavy atom. The van der Waals surface area contributed by atoms with Crippen LogP contribution in [0.1, 0.15) is 39.0 Å². The van der Waals surface area contributed by atoms with E-state index in [2.05, 4.69) is 24.2 Å². The molecular formula is C12H24N2. The van der Waals surface area contributed by atoms with Crippen molar-refractivity contribution in [2.75, 3.05) is 20.1 Å². The molecule has 2 aliphatic rings. The summed E-state index contributed by atoms with van der Waals surface area (Å²) >= 11 is 0. The minimum atomic E-state index is 0.766. The maximum atomic E-state index is 3.49. The number of nitrogens with one attached hydrogen (secondary N) is 1. The van der Waals surface area contributed by atoms with Crippen LogP contribution in [0.15, 0.2) is 0 Å². The van der Waals surface area contributed by atoms with E-state index < -0.39 is 0 Å². The van der Waals surface area contributed by atoms with Crippen LogP contribution in [-0.4, -0.2) is 37.1 Å². The zero-order valence-corrected chi connectivity index (χ0v) is 9.63. The molecule has 0 spiro atoms. The predicted octanol–water partition coefficient (Wildman–Crippen LogP) is 1.86. The molecule has 0 radical (unpaired) electrons. The van der Waals surface area contributed by atoms with E-state index >= 15 is 0 Å². The molecule has 1 N–H and O–H groups in total. The van der Waals surface area contributed by atoms with Gasteiger partial charge in [-0.1, -0.05) is 6.92 Å². The van der Waals surface area contributed by atoms with Gasteiger partial charge in [-0.25, -0.2) is 0 Å². The van der Waals surface area contributed by atoms with Crippen molar-refractivity contribution in [2.45, 2.75) is 51.1 Å². The van der Waals surface area contributed by atoms with Crippen LogP contribution in [0, 0.1) is 5.92 Å². The zero-order valence-electron chi connectivity index (χ0n) is 9.63. The molecule has 0 aromatic rings. The second-order valence-corrected chi connectivity index (χ2v) is 4.96. The Morgan fingerprint density at radius 1 is 1.29 bits per heavy atom. The number of hydrogen-bond donors (Lipinski definition) is 1. The Hall–Kier alpha value is -0.0800. The molecule has 0 aromatic carbocycles. The first-order valence-corrected chi connectivity index (χ1v) is 6.26. The van der Waals surface area contributed by atoms with E-state index in [0.717, 1.165) is 18.0 Å². The van der Waals surface area contributed by atoms with Crippen molar-refractivity contribution < 1.29 is 0 Å². The van der Waals surface area contributed by atoms with E-state index in [9.17, 15) is 0 Å². The molecule has 0 bridgehead atoms. The van der Waals surface area contributed by atoms with Crippen LogP contribution in [0.2, 0.25) is 0 Å². The predicted molar refractivity (Wildman–Crippen MR) is 60.5 cm³/mol. The minimum absolute atomic E-state index is 0.766. The maximum Gasteiger partial charge on any atom is 0.0220 e. The Balaban J connectivity index is 1.78. The quantitative estimate of drug-likeness (QED) is 0.668. The van der Waals surface area contributed by atoms with Gasteiger partial charge in [-0.05, 0) is 51.6 Å². The SMILES string of the molecule is CCCN(CC(NC)C1CC1)C1CC1. The fourth-order valence-corrected chi connectivity index (χ4v) is 2.38. The molecule has 0 saturated heterocycles. The molecule has 2 fully saturated rings. The highest BCUT2D eigenvalue weighted by Crippen LogP contribution is 2.34. The molecule has 2 nitrogen and oxygen atoms in total. The van der Waals surface area contributed by atoms with Gasteiger partial charge in [-0.15, -0.1) is 0 Å². The lowest BCUT2D eigenvalue weighted by atomic mass is 10.1. The Labute approximate surface area is 88.1 Å². The van der Waals surface area contributed by atoms with Crippen LogP contribution in [0.25, 0.3) is 0 Å². The molecule has 0 heterocycles. The van der Waals surface area contributed by atoms with Crippen LogP contribution >= 0.6 is 0 Å². The lowest BCUT2D eigenvalue weighted by Gasteiger charge is -2.27. The van der Waals surface area contributed by atoms with Crippen LogP contribution in [0.4, 0.5) is 0 Å². The maximum absolute atomic E-state index is 3.49. The molecule has 82 valence electrons. The Bertz CT molecular complexity index is 173. The van der Waals surface area contributed by atoms with Crippen LogP contribution < -0.4 is 5.32 Å². The van der Waals surface area contributed by atoms with Gasteiger partial charge in [-0.2, -0.15) is 0 Å². The molecule has 0 aromatic heterocycles. The van der Waals surface area contributed by atoms with Gasteiger partial charge in [0.25, 0.3) is 0 Å². The van der Waals surface area contributed by atoms with Crippen molar-refractivity contribution in [3.05, 3.63) is 0 Å². The van der Waals surface area contributed by atoms with Gasteiger partial charge in [0.2, 0.25) is 0 Å². The van der Waals surface area contributed by atoms with Gasteiger partial charge < -0.3 is 5.32 Å². The van der Waals surface area contributed by atoms with E-state index in [1.165, 1.54) is 45.2 Å². The van der Waals surface area contributed by atoms with E-state index in [1.54, 1.807) is 0 Å². The van der Waals surface area contributed by atoms with Crippen molar-refractivity contribution in [1.29, 1.82) is 0 Å². The molecular weight excluding hydrogens is 172 g/mol. The van der Waals surface area contributed by atoms with Crippen molar-refractivity contribution in [2.24, 2.45) is 5.92 Å². The second kappa shape index (κ2) is 4.63. The van der Waals surface area contributed by atoms with E-state index in [-0.39, 0.29) is 0 Å². The standard InChI is InChI=1S/C12H24N2/c1-3-8-14(11-6-7-11)9-12(13-2)10-4-5-10/h10-13H,3-9H2,1-2H3. The number of hydrogen-bond acceptors (Lipinski definition) is 2. The zero-order chi connectivity index (χ0) is 9.97. The van der Waals surface area contributed by atoms with Gasteiger partial charge in [0.15, 0.2) is 0 Å². The average Bonchev–Trinajstić information content (AvgIpc) is 3.05. The van der Waals surface area contributed by atoms with Gasteiger partial charge in [-0.3, -0.25) is 4.90 Å². The third-order valence-electron chi connectivity index (χ3n) is 3.57. The highest BCUT2D eigenvalue weighted by Gasteiger charge is 2.35. The fourth-order valence-electron chi connectivity index (χ4n) is 2.38. The Morgan fingerprint density at radius 2 is 2.00 bits per heavy atom. The molecule has 2 saturated carbocycles. The van der Waals surface area contributed by atoms with Gasteiger partial charge >= 0.3 is 0 Å². The summed E-state index contributed by atoms with van der Waals surface area (Å²) in [6.45, 7) is 4.89. The molecule has 14 heavy (non-hydrogen) atoms. The lowest BCUT2D eigenvalue weighted by Crippen LogP contribution is -2.42. The summed E-state index contributed by atoms with van der Waals surface area (Å²) < 4.78 is 0. The van der Waals surface area contributed by atoms with Gasteiger partial charge in [0.05, 0.1) is 0 Å². The normalized spacial score (nSPS) is 24.2. The van der Waals surface area contributed by atoms with Crippen molar-refractivity contribution in [3.63, 3.8) is 0 Å². The minimum Gasteiger partial charge on any atom is -0.315 e. The van der Waals surface area contributed by atoms with Crippen LogP contribution in [0.3, 0.4) is 0 Å². The number of nitrogens with zero attached hydrogens (tertiary/aromatic N) is 1. The summed E-state index contributed by atoms with van der Waals surface area (Å²) in [6, 6.07) is 1.70. The first kappa shape index (κ1) is 10.4. The molecule has 2 heteroatoms. The first-order chi connectivity index (χ1) is 6.85. The highest BCUT2D eigenvalue weighted by atomic mass is 15.2. The average molecular weight is 196 g/mol. The molecule has 2 rings (SSSR count). The van der Waals surface area contributed by atoms with Gasteiger partial charge in [0, 0.05) is 18.6 Å². The van der Waals surface area contributed by atoms with Crippen LogP contribution in [0.5, 0.6) is 0 Å². The summed E-state index contributed by atoms with van der Waals surface area (Å²) in [6.07, 6.45) is 7.10. The first-order valence-electron chi connectivity index (χ1n) is 6.26. The van der Waals surface area contributed by atoms with Crippen LogP contribution in [-0.2, 0) is 0 Å².